The highest BCUT2D eigenvalue weighted by molar-refractivity contribution is 7.92. The van der Waals surface area contributed by atoms with Gasteiger partial charge >= 0.3 is 0 Å². The Balaban J connectivity index is 2.24. The number of hydrogen-bond donors (Lipinski definition) is 1. The summed E-state index contributed by atoms with van der Waals surface area (Å²) in [6.07, 6.45) is 3.57. The molecule has 0 aliphatic rings. The monoisotopic (exact) mass is 583 g/mol. The number of amides is 2. The first-order chi connectivity index (χ1) is 17.9. The number of benzene rings is 2. The summed E-state index contributed by atoms with van der Waals surface area (Å²) in [6, 6.07) is 11.8. The molecule has 0 fully saturated rings. The maximum atomic E-state index is 13.5. The van der Waals surface area contributed by atoms with Gasteiger partial charge < -0.3 is 10.2 Å². The second kappa shape index (κ2) is 14.8. The number of anilines is 1. The molecule has 2 rings (SSSR count). The van der Waals surface area contributed by atoms with Gasteiger partial charge in [-0.25, -0.2) is 8.42 Å². The van der Waals surface area contributed by atoms with E-state index in [0.29, 0.717) is 28.6 Å². The third-order valence-corrected chi connectivity index (χ3v) is 8.44. The summed E-state index contributed by atoms with van der Waals surface area (Å²) in [4.78, 5) is 28.2. The Kier molecular flexibility index (Phi) is 12.4. The summed E-state index contributed by atoms with van der Waals surface area (Å²) >= 11 is 12.3. The zero-order chi connectivity index (χ0) is 28.5. The third-order valence-electron chi connectivity index (χ3n) is 6.51. The summed E-state index contributed by atoms with van der Waals surface area (Å²) in [6.45, 7) is 8.12. The van der Waals surface area contributed by atoms with Crippen LogP contribution in [-0.4, -0.2) is 50.0 Å². The van der Waals surface area contributed by atoms with E-state index in [0.717, 1.165) is 30.2 Å². The number of hydrogen-bond acceptors (Lipinski definition) is 4. The topological polar surface area (TPSA) is 86.8 Å². The minimum absolute atomic E-state index is 0.0269. The van der Waals surface area contributed by atoms with Gasteiger partial charge in [-0.15, -0.1) is 0 Å². The van der Waals surface area contributed by atoms with Crippen molar-refractivity contribution in [3.05, 3.63) is 63.6 Å². The largest absolute Gasteiger partial charge is 0.352 e. The summed E-state index contributed by atoms with van der Waals surface area (Å²) in [5.74, 6) is -0.457. The fourth-order valence-electron chi connectivity index (χ4n) is 4.10. The predicted octanol–water partition coefficient (Wildman–Crippen LogP) is 5.82. The van der Waals surface area contributed by atoms with Crippen LogP contribution in [0.15, 0.2) is 42.5 Å². The fraction of sp³-hybridized carbons (Fsp3) is 0.500. The van der Waals surface area contributed by atoms with Gasteiger partial charge in [-0.05, 0) is 68.0 Å². The number of nitrogens with one attached hydrogen (secondary N) is 1. The van der Waals surface area contributed by atoms with Crippen LogP contribution < -0.4 is 9.62 Å². The molecule has 0 spiro atoms. The van der Waals surface area contributed by atoms with E-state index in [9.17, 15) is 18.0 Å². The molecule has 0 heterocycles. The highest BCUT2D eigenvalue weighted by Crippen LogP contribution is 2.25. The number of aryl methyl sites for hydroxylation is 1. The van der Waals surface area contributed by atoms with E-state index in [1.165, 1.54) is 4.31 Å². The predicted molar refractivity (Wildman–Crippen MR) is 156 cm³/mol. The van der Waals surface area contributed by atoms with Crippen LogP contribution >= 0.6 is 23.2 Å². The highest BCUT2D eigenvalue weighted by Gasteiger charge is 2.29. The van der Waals surface area contributed by atoms with E-state index in [4.69, 9.17) is 23.2 Å². The van der Waals surface area contributed by atoms with Crippen LogP contribution in [-0.2, 0) is 32.6 Å². The lowest BCUT2D eigenvalue weighted by Crippen LogP contribution is -2.50. The van der Waals surface area contributed by atoms with Crippen LogP contribution in [0.25, 0.3) is 0 Å². The van der Waals surface area contributed by atoms with E-state index in [1.54, 1.807) is 35.2 Å². The van der Waals surface area contributed by atoms with Crippen LogP contribution in [0, 0.1) is 0 Å². The lowest BCUT2D eigenvalue weighted by molar-refractivity contribution is -0.141. The molecule has 210 valence electrons. The second-order valence-electron chi connectivity index (χ2n) is 9.47. The van der Waals surface area contributed by atoms with Crippen LogP contribution in [0.5, 0.6) is 0 Å². The zero-order valence-electron chi connectivity index (χ0n) is 22.8. The van der Waals surface area contributed by atoms with Crippen molar-refractivity contribution < 1.29 is 18.0 Å². The van der Waals surface area contributed by atoms with E-state index in [-0.39, 0.29) is 37.4 Å². The first-order valence-corrected chi connectivity index (χ1v) is 15.6. The molecule has 2 amide bonds. The lowest BCUT2D eigenvalue weighted by Gasteiger charge is -2.32. The molecule has 1 N–H and O–H groups in total. The van der Waals surface area contributed by atoms with Crippen molar-refractivity contribution in [2.45, 2.75) is 78.4 Å². The number of nitrogens with zero attached hydrogens (tertiary/aromatic N) is 2. The Bertz CT molecular complexity index is 1190. The molecule has 2 unspecified atom stereocenters. The molecule has 0 aliphatic carbocycles. The van der Waals surface area contributed by atoms with E-state index >= 15 is 0 Å². The van der Waals surface area contributed by atoms with Crippen molar-refractivity contribution in [2.75, 3.05) is 17.1 Å². The molecule has 38 heavy (non-hydrogen) atoms. The maximum Gasteiger partial charge on any atom is 0.243 e. The van der Waals surface area contributed by atoms with Crippen molar-refractivity contribution in [3.63, 3.8) is 0 Å². The van der Waals surface area contributed by atoms with Gasteiger partial charge in [0.1, 0.15) is 6.04 Å². The quantitative estimate of drug-likeness (QED) is 0.303. The SMILES string of the molecule is CCc1ccc(N(CCCC(=O)N(Cc2ccc(Cl)c(Cl)c2)C(CC)C(=O)NC(C)CC)S(C)(=O)=O)cc1. The number of rotatable bonds is 14. The van der Waals surface area contributed by atoms with Gasteiger partial charge in [-0.3, -0.25) is 13.9 Å². The van der Waals surface area contributed by atoms with Crippen LogP contribution in [0.2, 0.25) is 10.0 Å². The Morgan fingerprint density at radius 3 is 2.11 bits per heavy atom. The lowest BCUT2D eigenvalue weighted by atomic mass is 10.1. The van der Waals surface area contributed by atoms with Crippen molar-refractivity contribution >= 4 is 50.7 Å². The van der Waals surface area contributed by atoms with Gasteiger partial charge in [0.15, 0.2) is 0 Å². The van der Waals surface area contributed by atoms with Crippen molar-refractivity contribution in [1.82, 2.24) is 10.2 Å². The highest BCUT2D eigenvalue weighted by atomic mass is 35.5. The number of carbonyl (C=O) groups excluding carboxylic acids is 2. The van der Waals surface area contributed by atoms with Gasteiger partial charge in [0.05, 0.1) is 22.0 Å². The van der Waals surface area contributed by atoms with Gasteiger partial charge in [0, 0.05) is 25.6 Å². The summed E-state index contributed by atoms with van der Waals surface area (Å²) in [5.41, 5.74) is 2.41. The number of carbonyl (C=O) groups is 2. The molecular formula is C28H39Cl2N3O4S. The Morgan fingerprint density at radius 1 is 0.947 bits per heavy atom. The number of halogens is 2. The molecule has 2 atom stereocenters. The van der Waals surface area contributed by atoms with Gasteiger partial charge in [0.2, 0.25) is 21.8 Å². The maximum absolute atomic E-state index is 13.5. The number of sulfonamides is 1. The summed E-state index contributed by atoms with van der Waals surface area (Å²) in [7, 11) is -3.55. The minimum Gasteiger partial charge on any atom is -0.352 e. The second-order valence-corrected chi connectivity index (χ2v) is 12.2. The van der Waals surface area contributed by atoms with Crippen LogP contribution in [0.3, 0.4) is 0 Å². The Hall–Kier alpha value is -2.29. The molecule has 0 aromatic heterocycles. The normalized spacial score (nSPS) is 13.0. The van der Waals surface area contributed by atoms with E-state index in [2.05, 4.69) is 5.32 Å². The van der Waals surface area contributed by atoms with Gasteiger partial charge in [-0.1, -0.05) is 62.2 Å². The first-order valence-electron chi connectivity index (χ1n) is 13.0. The molecule has 0 saturated heterocycles. The fourth-order valence-corrected chi connectivity index (χ4v) is 5.38. The van der Waals surface area contributed by atoms with Crippen molar-refractivity contribution in [3.8, 4) is 0 Å². The molecule has 2 aromatic rings. The van der Waals surface area contributed by atoms with Gasteiger partial charge in [0.25, 0.3) is 0 Å². The molecule has 0 bridgehead atoms. The van der Waals surface area contributed by atoms with Crippen LogP contribution in [0.4, 0.5) is 5.69 Å². The molecule has 7 nitrogen and oxygen atoms in total. The molecule has 0 saturated carbocycles. The third kappa shape index (κ3) is 9.17. The Morgan fingerprint density at radius 2 is 1.58 bits per heavy atom. The van der Waals surface area contributed by atoms with Crippen molar-refractivity contribution in [2.24, 2.45) is 0 Å². The molecular weight excluding hydrogens is 545 g/mol. The smallest absolute Gasteiger partial charge is 0.243 e. The van der Waals surface area contributed by atoms with E-state index < -0.39 is 16.1 Å². The zero-order valence-corrected chi connectivity index (χ0v) is 25.2. The minimum atomic E-state index is -3.55. The summed E-state index contributed by atoms with van der Waals surface area (Å²) < 4.78 is 26.4. The Labute approximate surface area is 237 Å². The molecule has 2 aromatic carbocycles. The average molecular weight is 585 g/mol. The first kappa shape index (κ1) is 31.9. The summed E-state index contributed by atoms with van der Waals surface area (Å²) in [5, 5.41) is 3.75. The van der Waals surface area contributed by atoms with Crippen molar-refractivity contribution in [1.29, 1.82) is 0 Å². The molecule has 0 radical (unpaired) electrons. The average Bonchev–Trinajstić information content (AvgIpc) is 2.87. The molecule has 0 aliphatic heterocycles. The van der Waals surface area contributed by atoms with Crippen LogP contribution in [0.1, 0.15) is 64.5 Å². The standard InChI is InChI=1S/C28H39Cl2N3O4S/c1-6-20(4)31-28(35)26(8-3)32(19-22-13-16-24(29)25(30)18-22)27(34)10-9-17-33(38(5,36)37)23-14-11-21(7-2)12-15-23/h11-16,18,20,26H,6-10,17,19H2,1-5H3,(H,31,35). The van der Waals surface area contributed by atoms with E-state index in [1.807, 2.05) is 39.8 Å². The van der Waals surface area contributed by atoms with Gasteiger partial charge in [-0.2, -0.15) is 0 Å². The molecule has 10 heteroatoms.